The van der Waals surface area contributed by atoms with E-state index in [4.69, 9.17) is 14.7 Å². The molecule has 0 aliphatic rings. The Kier molecular flexibility index (Phi) is 6.59. The maximum atomic E-state index is 5.93. The smallest absolute Gasteiger partial charge is 0.160 e. The Hall–Kier alpha value is -1.16. The number of hydrogen-bond donors (Lipinski definition) is 1. The van der Waals surface area contributed by atoms with E-state index < -0.39 is 0 Å². The molecule has 0 amide bonds. The van der Waals surface area contributed by atoms with Gasteiger partial charge in [0.25, 0.3) is 0 Å². The van der Waals surface area contributed by atoms with E-state index in [0.717, 1.165) is 36.7 Å². The van der Waals surface area contributed by atoms with Gasteiger partial charge in [-0.2, -0.15) is 0 Å². The van der Waals surface area contributed by atoms with Gasteiger partial charge in [-0.15, -0.1) is 0 Å². The molecule has 1 aromatic heterocycles. The lowest BCUT2D eigenvalue weighted by atomic mass is 9.88. The molecule has 0 aromatic carbocycles. The van der Waals surface area contributed by atoms with E-state index in [9.17, 15) is 0 Å². The molecular weight excluding hydrogens is 262 g/mol. The normalized spacial score (nSPS) is 13.3. The Morgan fingerprint density at radius 2 is 1.81 bits per heavy atom. The largest absolute Gasteiger partial charge is 0.370 e. The van der Waals surface area contributed by atoms with Crippen LogP contribution in [0, 0.1) is 12.3 Å². The fraction of sp³-hybridized carbons (Fsp3) is 0.765. The van der Waals surface area contributed by atoms with Crippen LogP contribution in [-0.4, -0.2) is 23.1 Å². The maximum absolute atomic E-state index is 5.93. The molecule has 0 saturated heterocycles. The van der Waals surface area contributed by atoms with Crippen LogP contribution in [0.3, 0.4) is 0 Å². The van der Waals surface area contributed by atoms with Crippen LogP contribution in [0.4, 0.5) is 5.82 Å². The van der Waals surface area contributed by atoms with E-state index >= 15 is 0 Å². The van der Waals surface area contributed by atoms with E-state index in [1.807, 2.05) is 6.92 Å². The lowest BCUT2D eigenvalue weighted by molar-refractivity contribution is -0.0191. The van der Waals surface area contributed by atoms with Crippen LogP contribution in [0.15, 0.2) is 0 Å². The highest BCUT2D eigenvalue weighted by Gasteiger charge is 2.30. The van der Waals surface area contributed by atoms with Crippen molar-refractivity contribution in [3.05, 3.63) is 17.1 Å². The highest BCUT2D eigenvalue weighted by Crippen LogP contribution is 2.35. The van der Waals surface area contributed by atoms with Crippen LogP contribution >= 0.6 is 0 Å². The molecular formula is C17H31N3O. The Labute approximate surface area is 129 Å². The Bertz CT molecular complexity index is 452. The zero-order valence-electron chi connectivity index (χ0n) is 14.7. The number of aromatic nitrogens is 2. The molecule has 0 radical (unpaired) electrons. The molecule has 120 valence electrons. The summed E-state index contributed by atoms with van der Waals surface area (Å²) < 4.78 is 5.93. The van der Waals surface area contributed by atoms with Crippen molar-refractivity contribution in [3.8, 4) is 0 Å². The fourth-order valence-electron chi connectivity index (χ4n) is 2.43. The van der Waals surface area contributed by atoms with Crippen molar-refractivity contribution >= 4 is 5.82 Å². The number of rotatable bonds is 7. The van der Waals surface area contributed by atoms with Crippen LogP contribution in [0.25, 0.3) is 0 Å². The van der Waals surface area contributed by atoms with Crippen LogP contribution in [0.2, 0.25) is 0 Å². The minimum atomic E-state index is -0.0886. The molecule has 1 heterocycles. The number of ether oxygens (including phenoxy) is 1. The lowest BCUT2D eigenvalue weighted by Crippen LogP contribution is -2.25. The van der Waals surface area contributed by atoms with Crippen molar-refractivity contribution in [2.24, 2.45) is 5.41 Å². The number of nitrogens with zero attached hydrogens (tertiary/aromatic N) is 2. The quantitative estimate of drug-likeness (QED) is 0.814. The molecule has 1 aromatic rings. The van der Waals surface area contributed by atoms with Crippen molar-refractivity contribution in [1.82, 2.24) is 9.97 Å². The maximum Gasteiger partial charge on any atom is 0.160 e. The predicted octanol–water partition coefficient (Wildman–Crippen LogP) is 4.29. The molecule has 1 atom stereocenters. The second kappa shape index (κ2) is 7.74. The first-order valence-corrected chi connectivity index (χ1v) is 8.07. The van der Waals surface area contributed by atoms with Gasteiger partial charge in [-0.3, -0.25) is 0 Å². The highest BCUT2D eigenvalue weighted by molar-refractivity contribution is 5.46. The third-order valence-corrected chi connectivity index (χ3v) is 3.48. The van der Waals surface area contributed by atoms with Crippen LogP contribution < -0.4 is 5.32 Å². The van der Waals surface area contributed by atoms with Gasteiger partial charge in [-0.1, -0.05) is 34.6 Å². The fourth-order valence-corrected chi connectivity index (χ4v) is 2.43. The van der Waals surface area contributed by atoms with E-state index in [2.05, 4.69) is 46.9 Å². The van der Waals surface area contributed by atoms with Gasteiger partial charge >= 0.3 is 0 Å². The van der Waals surface area contributed by atoms with Gasteiger partial charge in [0, 0.05) is 24.4 Å². The molecule has 0 aliphatic carbocycles. The number of anilines is 1. The predicted molar refractivity (Wildman–Crippen MR) is 88.7 cm³/mol. The molecule has 1 unspecified atom stereocenters. The van der Waals surface area contributed by atoms with E-state index in [-0.39, 0.29) is 11.5 Å². The van der Waals surface area contributed by atoms with E-state index in [1.54, 1.807) is 0 Å². The highest BCUT2D eigenvalue weighted by atomic mass is 16.5. The Balaban J connectivity index is 3.25. The van der Waals surface area contributed by atoms with Gasteiger partial charge in [0.1, 0.15) is 11.9 Å². The van der Waals surface area contributed by atoms with Crippen molar-refractivity contribution in [2.75, 3.05) is 18.5 Å². The first-order valence-electron chi connectivity index (χ1n) is 8.07. The van der Waals surface area contributed by atoms with Crippen molar-refractivity contribution < 1.29 is 4.74 Å². The summed E-state index contributed by atoms with van der Waals surface area (Å²) in [5, 5.41) is 3.44. The molecule has 21 heavy (non-hydrogen) atoms. The number of aryl methyl sites for hydroxylation is 1. The molecule has 1 N–H and O–H groups in total. The Morgan fingerprint density at radius 1 is 1.14 bits per heavy atom. The van der Waals surface area contributed by atoms with Gasteiger partial charge in [0.05, 0.1) is 0 Å². The summed E-state index contributed by atoms with van der Waals surface area (Å²) in [7, 11) is 0. The van der Waals surface area contributed by atoms with Gasteiger partial charge in [0.2, 0.25) is 0 Å². The summed E-state index contributed by atoms with van der Waals surface area (Å²) in [6.45, 7) is 16.5. The molecule has 0 bridgehead atoms. The second-order valence-electron chi connectivity index (χ2n) is 6.48. The topological polar surface area (TPSA) is 47.0 Å². The van der Waals surface area contributed by atoms with Crippen LogP contribution in [0.5, 0.6) is 0 Å². The van der Waals surface area contributed by atoms with Gasteiger partial charge in [-0.05, 0) is 32.1 Å². The van der Waals surface area contributed by atoms with Gasteiger partial charge < -0.3 is 10.1 Å². The number of nitrogens with one attached hydrogen (secondary N) is 1. The zero-order valence-corrected chi connectivity index (χ0v) is 14.7. The molecule has 1 rings (SSSR count). The third-order valence-electron chi connectivity index (χ3n) is 3.48. The molecule has 0 fully saturated rings. The summed E-state index contributed by atoms with van der Waals surface area (Å²) in [5.41, 5.74) is 2.23. The minimum Gasteiger partial charge on any atom is -0.370 e. The van der Waals surface area contributed by atoms with Crippen molar-refractivity contribution in [1.29, 1.82) is 0 Å². The monoisotopic (exact) mass is 293 g/mol. The second-order valence-corrected chi connectivity index (χ2v) is 6.48. The molecule has 4 nitrogen and oxygen atoms in total. The molecule has 4 heteroatoms. The molecule has 0 aliphatic heterocycles. The summed E-state index contributed by atoms with van der Waals surface area (Å²) >= 11 is 0. The third kappa shape index (κ3) is 4.67. The van der Waals surface area contributed by atoms with E-state index in [1.165, 1.54) is 5.56 Å². The number of hydrogen-bond acceptors (Lipinski definition) is 4. The summed E-state index contributed by atoms with van der Waals surface area (Å²) in [4.78, 5) is 9.50. The minimum absolute atomic E-state index is 0.0296. The average Bonchev–Trinajstić information content (AvgIpc) is 2.40. The molecule has 0 saturated carbocycles. The van der Waals surface area contributed by atoms with Crippen LogP contribution in [-0.2, 0) is 11.2 Å². The average molecular weight is 293 g/mol. The van der Waals surface area contributed by atoms with Crippen LogP contribution in [0.1, 0.15) is 71.1 Å². The summed E-state index contributed by atoms with van der Waals surface area (Å²) in [6, 6.07) is 0. The first kappa shape index (κ1) is 17.9. The van der Waals surface area contributed by atoms with E-state index in [0.29, 0.717) is 6.61 Å². The van der Waals surface area contributed by atoms with Crippen molar-refractivity contribution in [2.45, 2.75) is 67.4 Å². The summed E-state index contributed by atoms with van der Waals surface area (Å²) in [6.07, 6.45) is 1.93. The lowest BCUT2D eigenvalue weighted by Gasteiger charge is -2.30. The van der Waals surface area contributed by atoms with Crippen molar-refractivity contribution in [3.63, 3.8) is 0 Å². The van der Waals surface area contributed by atoms with Gasteiger partial charge in [-0.25, -0.2) is 9.97 Å². The SMILES string of the molecule is CCCNc1nc(C(OCC)C(C)(C)C)nc(C)c1CC. The standard InChI is InChI=1S/C17H31N3O/c1-8-11-18-15-13(9-2)12(4)19-16(20-15)14(21-10-3)17(5,6)7/h14H,8-11H2,1-7H3,(H,18,19,20). The zero-order chi connectivity index (χ0) is 16.0. The Morgan fingerprint density at radius 3 is 2.29 bits per heavy atom. The molecule has 0 spiro atoms. The summed E-state index contributed by atoms with van der Waals surface area (Å²) in [5.74, 6) is 1.76. The van der Waals surface area contributed by atoms with Gasteiger partial charge in [0.15, 0.2) is 5.82 Å². The first-order chi connectivity index (χ1) is 9.85.